The van der Waals surface area contributed by atoms with Gasteiger partial charge in [0, 0.05) is 28.2 Å². The average molecular weight is 434 g/mol. The van der Waals surface area contributed by atoms with Crippen LogP contribution < -0.4 is 0 Å². The summed E-state index contributed by atoms with van der Waals surface area (Å²) >= 11 is 0. The van der Waals surface area contributed by atoms with Gasteiger partial charge in [-0.05, 0) is 22.8 Å². The lowest BCUT2D eigenvalue weighted by Gasteiger charge is -2.22. The summed E-state index contributed by atoms with van der Waals surface area (Å²) in [5, 5.41) is 9.21. The SMILES string of the molecule is CN(C)C(=NCc1ccc(-c2ccccc2C#N)cc1)N(C)C.I. The molecule has 0 bridgehead atoms. The molecule has 0 saturated heterocycles. The molecular formula is C19H23IN4. The Balaban J connectivity index is 0.00000288. The zero-order valence-corrected chi connectivity index (χ0v) is 16.9. The number of nitrogens with zero attached hydrogens (tertiary/aromatic N) is 4. The van der Waals surface area contributed by atoms with Gasteiger partial charge in [0.25, 0.3) is 0 Å². The summed E-state index contributed by atoms with van der Waals surface area (Å²) in [7, 11) is 7.95. The molecule has 0 aliphatic carbocycles. The summed E-state index contributed by atoms with van der Waals surface area (Å²) in [5.41, 5.74) is 3.85. The molecule has 0 unspecified atom stereocenters. The van der Waals surface area contributed by atoms with Crippen LogP contribution in [-0.4, -0.2) is 44.0 Å². The van der Waals surface area contributed by atoms with Gasteiger partial charge in [-0.25, -0.2) is 4.99 Å². The Bertz CT molecular complexity index is 718. The van der Waals surface area contributed by atoms with E-state index in [-0.39, 0.29) is 24.0 Å². The summed E-state index contributed by atoms with van der Waals surface area (Å²) in [6.45, 7) is 0.631. The summed E-state index contributed by atoms with van der Waals surface area (Å²) in [4.78, 5) is 8.64. The van der Waals surface area contributed by atoms with Crippen LogP contribution in [0.4, 0.5) is 0 Å². The first-order valence-corrected chi connectivity index (χ1v) is 7.50. The highest BCUT2D eigenvalue weighted by atomic mass is 127. The molecule has 0 heterocycles. The van der Waals surface area contributed by atoms with E-state index in [4.69, 9.17) is 0 Å². The molecule has 2 aromatic carbocycles. The lowest BCUT2D eigenvalue weighted by molar-refractivity contribution is 0.479. The van der Waals surface area contributed by atoms with Crippen molar-refractivity contribution >= 4 is 29.9 Å². The van der Waals surface area contributed by atoms with Crippen LogP contribution in [0.2, 0.25) is 0 Å². The Morgan fingerprint density at radius 2 is 1.54 bits per heavy atom. The second kappa shape index (κ2) is 9.28. The average Bonchev–Trinajstić information content (AvgIpc) is 2.55. The number of aliphatic imine (C=N–C) groups is 1. The van der Waals surface area contributed by atoms with Gasteiger partial charge >= 0.3 is 0 Å². The summed E-state index contributed by atoms with van der Waals surface area (Å²) in [6.07, 6.45) is 0. The third kappa shape index (κ3) is 4.96. The van der Waals surface area contributed by atoms with Crippen LogP contribution in [0.1, 0.15) is 11.1 Å². The van der Waals surface area contributed by atoms with Crippen LogP contribution in [0.5, 0.6) is 0 Å². The quantitative estimate of drug-likeness (QED) is 0.419. The molecule has 2 aromatic rings. The zero-order chi connectivity index (χ0) is 16.8. The van der Waals surface area contributed by atoms with Crippen molar-refractivity contribution in [2.45, 2.75) is 6.54 Å². The maximum Gasteiger partial charge on any atom is 0.195 e. The molecule has 0 saturated carbocycles. The second-order valence-corrected chi connectivity index (χ2v) is 5.76. The molecule has 0 aliphatic heterocycles. The lowest BCUT2D eigenvalue weighted by Crippen LogP contribution is -2.35. The molecule has 24 heavy (non-hydrogen) atoms. The van der Waals surface area contributed by atoms with E-state index in [1.807, 2.05) is 74.4 Å². The van der Waals surface area contributed by atoms with Gasteiger partial charge in [-0.1, -0.05) is 42.5 Å². The number of hydrogen-bond acceptors (Lipinski definition) is 2. The highest BCUT2D eigenvalue weighted by molar-refractivity contribution is 14.0. The predicted molar refractivity (Wildman–Crippen MR) is 111 cm³/mol. The Morgan fingerprint density at radius 3 is 2.08 bits per heavy atom. The minimum atomic E-state index is 0. The van der Waals surface area contributed by atoms with Crippen molar-refractivity contribution in [3.8, 4) is 17.2 Å². The van der Waals surface area contributed by atoms with E-state index in [0.29, 0.717) is 12.1 Å². The predicted octanol–water partition coefficient (Wildman–Crippen LogP) is 3.82. The first-order valence-electron chi connectivity index (χ1n) is 7.50. The molecule has 0 atom stereocenters. The van der Waals surface area contributed by atoms with Gasteiger partial charge in [-0.2, -0.15) is 5.26 Å². The molecule has 126 valence electrons. The third-order valence-electron chi connectivity index (χ3n) is 3.52. The van der Waals surface area contributed by atoms with Crippen molar-refractivity contribution in [3.63, 3.8) is 0 Å². The second-order valence-electron chi connectivity index (χ2n) is 5.76. The van der Waals surface area contributed by atoms with Gasteiger partial charge in [-0.3, -0.25) is 0 Å². The number of guanidine groups is 1. The summed E-state index contributed by atoms with van der Waals surface area (Å²) in [6, 6.07) is 18.1. The van der Waals surface area contributed by atoms with Gasteiger partial charge in [0.15, 0.2) is 5.96 Å². The van der Waals surface area contributed by atoms with E-state index in [1.165, 1.54) is 0 Å². The molecular weight excluding hydrogens is 411 g/mol. The van der Waals surface area contributed by atoms with E-state index in [9.17, 15) is 5.26 Å². The third-order valence-corrected chi connectivity index (χ3v) is 3.52. The van der Waals surface area contributed by atoms with Gasteiger partial charge in [-0.15, -0.1) is 24.0 Å². The molecule has 4 nitrogen and oxygen atoms in total. The molecule has 2 rings (SSSR count). The molecule has 0 spiro atoms. The molecule has 0 N–H and O–H groups in total. The van der Waals surface area contributed by atoms with Crippen LogP contribution in [-0.2, 0) is 6.54 Å². The smallest absolute Gasteiger partial charge is 0.195 e. The van der Waals surface area contributed by atoms with Crippen molar-refractivity contribution < 1.29 is 0 Å². The van der Waals surface area contributed by atoms with E-state index in [2.05, 4.69) is 23.2 Å². The largest absolute Gasteiger partial charge is 0.349 e. The van der Waals surface area contributed by atoms with E-state index < -0.39 is 0 Å². The monoisotopic (exact) mass is 434 g/mol. The summed E-state index contributed by atoms with van der Waals surface area (Å²) < 4.78 is 0. The highest BCUT2D eigenvalue weighted by Crippen LogP contribution is 2.23. The zero-order valence-electron chi connectivity index (χ0n) is 14.5. The normalized spacial score (nSPS) is 9.46. The Kier molecular flexibility index (Phi) is 7.72. The standard InChI is InChI=1S/C19H22N4.HI/c1-22(2)19(23(3)4)21-14-15-9-11-16(12-10-15)18-8-6-5-7-17(18)13-20;/h5-12H,14H2,1-4H3;1H. The van der Waals surface area contributed by atoms with Gasteiger partial charge in [0.2, 0.25) is 0 Å². The molecule has 0 fully saturated rings. The van der Waals surface area contributed by atoms with Crippen LogP contribution >= 0.6 is 24.0 Å². The maximum absolute atomic E-state index is 9.21. The van der Waals surface area contributed by atoms with Crippen LogP contribution in [0.25, 0.3) is 11.1 Å². The molecule has 0 aromatic heterocycles. The van der Waals surface area contributed by atoms with Gasteiger partial charge < -0.3 is 9.80 Å². The first kappa shape index (κ1) is 20.0. The number of nitriles is 1. The summed E-state index contributed by atoms with van der Waals surface area (Å²) in [5.74, 6) is 0.934. The fourth-order valence-corrected chi connectivity index (χ4v) is 2.47. The topological polar surface area (TPSA) is 42.6 Å². The number of halogens is 1. The van der Waals surface area contributed by atoms with Crippen LogP contribution in [0.3, 0.4) is 0 Å². The Morgan fingerprint density at radius 1 is 0.958 bits per heavy atom. The molecule has 5 heteroatoms. The van der Waals surface area contributed by atoms with E-state index in [0.717, 1.165) is 22.6 Å². The minimum absolute atomic E-state index is 0. The maximum atomic E-state index is 9.21. The molecule has 0 aliphatic rings. The van der Waals surface area contributed by atoms with Gasteiger partial charge in [0.05, 0.1) is 18.2 Å². The van der Waals surface area contributed by atoms with Crippen LogP contribution in [0.15, 0.2) is 53.5 Å². The Hall–Kier alpha value is -2.07. The van der Waals surface area contributed by atoms with Crippen molar-refractivity contribution in [2.24, 2.45) is 4.99 Å². The van der Waals surface area contributed by atoms with Crippen molar-refractivity contribution in [1.82, 2.24) is 9.80 Å². The fraction of sp³-hybridized carbons (Fsp3) is 0.263. The van der Waals surface area contributed by atoms with Crippen molar-refractivity contribution in [2.75, 3.05) is 28.2 Å². The molecule has 0 radical (unpaired) electrons. The number of benzene rings is 2. The number of hydrogen-bond donors (Lipinski definition) is 0. The highest BCUT2D eigenvalue weighted by Gasteiger charge is 2.05. The first-order chi connectivity index (χ1) is 11.0. The van der Waals surface area contributed by atoms with Gasteiger partial charge in [0.1, 0.15) is 0 Å². The minimum Gasteiger partial charge on any atom is -0.349 e. The van der Waals surface area contributed by atoms with Crippen molar-refractivity contribution in [3.05, 3.63) is 59.7 Å². The fourth-order valence-electron chi connectivity index (χ4n) is 2.47. The van der Waals surface area contributed by atoms with E-state index >= 15 is 0 Å². The Labute approximate surface area is 161 Å². The van der Waals surface area contributed by atoms with Crippen LogP contribution in [0, 0.1) is 11.3 Å². The molecule has 0 amide bonds. The number of rotatable bonds is 3. The van der Waals surface area contributed by atoms with E-state index in [1.54, 1.807) is 0 Å². The lowest BCUT2D eigenvalue weighted by atomic mass is 9.99. The van der Waals surface area contributed by atoms with Crippen molar-refractivity contribution in [1.29, 1.82) is 5.26 Å².